The molecule has 9 aliphatic rings. The van der Waals surface area contributed by atoms with Crippen molar-refractivity contribution in [1.82, 2.24) is 0 Å². The highest BCUT2D eigenvalue weighted by Gasteiger charge is 2.57. The molecule has 350 valence electrons. The summed E-state index contributed by atoms with van der Waals surface area (Å²) in [6, 6.07) is 0. The lowest BCUT2D eigenvalue weighted by atomic mass is 9.48. The van der Waals surface area contributed by atoms with Gasteiger partial charge in [0.2, 0.25) is 0 Å². The van der Waals surface area contributed by atoms with E-state index < -0.39 is 22.4 Å². The molecule has 0 aliphatic heterocycles. The Morgan fingerprint density at radius 2 is 1.08 bits per heavy atom. The predicted molar refractivity (Wildman–Crippen MR) is 247 cm³/mol. The van der Waals surface area contributed by atoms with Crippen molar-refractivity contribution in [3.8, 4) is 0 Å². The van der Waals surface area contributed by atoms with Crippen molar-refractivity contribution in [2.24, 2.45) is 64.1 Å². The van der Waals surface area contributed by atoms with E-state index in [1.807, 2.05) is 48.5 Å². The van der Waals surface area contributed by atoms with Crippen LogP contribution in [0.5, 0.6) is 0 Å². The van der Waals surface area contributed by atoms with Crippen molar-refractivity contribution in [2.45, 2.75) is 213 Å². The van der Waals surface area contributed by atoms with Gasteiger partial charge in [-0.15, -0.1) is 13.2 Å². The first kappa shape index (κ1) is 50.4. The van der Waals surface area contributed by atoms with E-state index in [1.165, 1.54) is 38.5 Å². The molecule has 2 N–H and O–H groups in total. The summed E-state index contributed by atoms with van der Waals surface area (Å²) >= 11 is 0. The van der Waals surface area contributed by atoms with Crippen LogP contribution in [0.3, 0.4) is 0 Å². The molecule has 9 saturated carbocycles. The smallest absolute Gasteiger partial charge is 0.330 e. The molecule has 0 heterocycles. The summed E-state index contributed by atoms with van der Waals surface area (Å²) in [5, 5.41) is 22.3. The van der Waals surface area contributed by atoms with Crippen molar-refractivity contribution >= 4 is 23.5 Å². The molecule has 9 fully saturated rings. The zero-order valence-electron chi connectivity index (χ0n) is 40.2. The molecule has 9 rings (SSSR count). The van der Waals surface area contributed by atoms with Crippen molar-refractivity contribution in [3.05, 3.63) is 38.0 Å². The summed E-state index contributed by atoms with van der Waals surface area (Å²) in [4.78, 5) is 49.5. The fraction of sp³-hybridized carbons (Fsp3) is 0.815. The van der Waals surface area contributed by atoms with E-state index in [-0.39, 0.29) is 35.1 Å². The Bertz CT molecular complexity index is 1540. The minimum Gasteiger partial charge on any atom is -0.460 e. The van der Waals surface area contributed by atoms with Crippen LogP contribution in [0.2, 0.25) is 0 Å². The minimum absolute atomic E-state index is 0.106. The molecule has 62 heavy (non-hydrogen) atoms. The molecule has 8 nitrogen and oxygen atoms in total. The highest BCUT2D eigenvalue weighted by Crippen LogP contribution is 2.62. The molecule has 0 saturated heterocycles. The molecule has 4 unspecified atom stereocenters. The molecule has 0 radical (unpaired) electrons. The number of hydrogen-bond donors (Lipinski definition) is 2. The van der Waals surface area contributed by atoms with Crippen LogP contribution < -0.4 is 0 Å². The quantitative estimate of drug-likeness (QED) is 0.0946. The van der Waals surface area contributed by atoms with Gasteiger partial charge in [-0.3, -0.25) is 14.4 Å². The van der Waals surface area contributed by atoms with Crippen LogP contribution in [0.4, 0.5) is 0 Å². The summed E-state index contributed by atoms with van der Waals surface area (Å²) in [5.41, 5.74) is -2.91. The number of aliphatic hydroxyl groups is 2. The maximum Gasteiger partial charge on any atom is 0.330 e. The third-order valence-corrected chi connectivity index (χ3v) is 15.8. The maximum absolute atomic E-state index is 13.7. The van der Waals surface area contributed by atoms with Crippen molar-refractivity contribution in [3.63, 3.8) is 0 Å². The van der Waals surface area contributed by atoms with Gasteiger partial charge < -0.3 is 19.7 Å². The predicted octanol–water partition coefficient (Wildman–Crippen LogP) is 11.6. The number of rotatable bonds is 15. The van der Waals surface area contributed by atoms with Crippen molar-refractivity contribution < 1.29 is 38.9 Å². The van der Waals surface area contributed by atoms with Crippen LogP contribution >= 0.6 is 0 Å². The zero-order chi connectivity index (χ0) is 45.9. The topological polar surface area (TPSA) is 127 Å². The Hall–Kier alpha value is -2.58. The van der Waals surface area contributed by atoms with Crippen LogP contribution in [-0.4, -0.2) is 56.1 Å². The van der Waals surface area contributed by atoms with Crippen LogP contribution in [0.25, 0.3) is 0 Å². The molecule has 8 bridgehead atoms. The second-order valence-corrected chi connectivity index (χ2v) is 24.4. The van der Waals surface area contributed by atoms with Gasteiger partial charge in [0.1, 0.15) is 22.8 Å². The Kier molecular flexibility index (Phi) is 16.2. The molecule has 0 aromatic carbocycles. The fourth-order valence-corrected chi connectivity index (χ4v) is 14.4. The molecular formula is C54H86O8. The summed E-state index contributed by atoms with van der Waals surface area (Å²) in [7, 11) is 0. The fourth-order valence-electron chi connectivity index (χ4n) is 14.4. The highest BCUT2D eigenvalue weighted by atomic mass is 16.6. The van der Waals surface area contributed by atoms with Gasteiger partial charge in [-0.2, -0.15) is 0 Å². The van der Waals surface area contributed by atoms with Gasteiger partial charge in [0.15, 0.2) is 0 Å². The number of carbonyl (C=O) groups excluding carboxylic acids is 4. The molecule has 0 spiro atoms. The maximum atomic E-state index is 13.7. The highest BCUT2D eigenvalue weighted by molar-refractivity contribution is 5.87. The lowest BCUT2D eigenvalue weighted by Gasteiger charge is -2.56. The Labute approximate surface area is 375 Å². The Morgan fingerprint density at radius 3 is 1.45 bits per heavy atom. The van der Waals surface area contributed by atoms with Crippen LogP contribution in [-0.2, 0) is 28.7 Å². The zero-order valence-corrected chi connectivity index (χ0v) is 40.2. The Balaban J connectivity index is 0.000000207. The van der Waals surface area contributed by atoms with E-state index in [2.05, 4.69) is 26.7 Å². The second-order valence-electron chi connectivity index (χ2n) is 24.4. The third-order valence-electron chi connectivity index (χ3n) is 15.8. The third kappa shape index (κ3) is 13.5. The van der Waals surface area contributed by atoms with E-state index in [9.17, 15) is 29.4 Å². The summed E-state index contributed by atoms with van der Waals surface area (Å²) in [6.45, 7) is 26.0. The van der Waals surface area contributed by atoms with Gasteiger partial charge in [0.05, 0.1) is 17.1 Å². The van der Waals surface area contributed by atoms with Crippen molar-refractivity contribution in [2.75, 3.05) is 0 Å². The summed E-state index contributed by atoms with van der Waals surface area (Å²) in [6.07, 6.45) is 24.9. The van der Waals surface area contributed by atoms with Gasteiger partial charge in [-0.05, 0) is 211 Å². The lowest BCUT2D eigenvalue weighted by Crippen LogP contribution is -2.52. The van der Waals surface area contributed by atoms with Gasteiger partial charge >= 0.3 is 11.9 Å². The van der Waals surface area contributed by atoms with E-state index in [0.29, 0.717) is 49.1 Å². The van der Waals surface area contributed by atoms with Crippen LogP contribution in [0.1, 0.15) is 190 Å². The van der Waals surface area contributed by atoms with Crippen LogP contribution in [0.15, 0.2) is 38.0 Å². The molecule has 0 aromatic heterocycles. The number of carbonyl (C=O) groups is 4. The normalized spacial score (nSPS) is 35.9. The molecule has 0 aromatic rings. The average molecular weight is 863 g/mol. The van der Waals surface area contributed by atoms with Crippen LogP contribution in [0, 0.1) is 64.1 Å². The number of ketones is 2. The molecule has 0 amide bonds. The molecular weight excluding hydrogens is 777 g/mol. The number of ether oxygens (including phenoxy) is 2. The minimum atomic E-state index is -0.968. The van der Waals surface area contributed by atoms with E-state index in [1.54, 1.807) is 12.2 Å². The van der Waals surface area contributed by atoms with Gasteiger partial charge in [-0.25, -0.2) is 4.79 Å². The van der Waals surface area contributed by atoms with Gasteiger partial charge in [-0.1, -0.05) is 32.6 Å². The summed E-state index contributed by atoms with van der Waals surface area (Å²) in [5.74, 6) is 5.42. The monoisotopic (exact) mass is 863 g/mol. The first-order valence-corrected chi connectivity index (χ1v) is 24.6. The van der Waals surface area contributed by atoms with E-state index >= 15 is 0 Å². The molecule has 9 aliphatic carbocycles. The molecule has 8 heteroatoms. The average Bonchev–Trinajstić information content (AvgIpc) is 3.11. The lowest BCUT2D eigenvalue weighted by molar-refractivity contribution is -0.159. The standard InChI is InChI=1S/C28H46O4.C19H28O2.C7H12O2/c1-18-8-20(7-6-19(2)25(30)32-26(3,4)5)16-28(31,12-18)17-24(29)27-13-21-9-22(14-27)11-23(10-21)15-27;1-3-5-19(21,6-4-2)13-17(20)18-10-14-7-15(11-18)9-16(8-14)12-18;1-5-6(8)9-7(2,3)4/h18-23,31H,6-17H2,1-5H3;3-4,14-16,21H,1-2,5-13H2;5H,1H2,2-4H3. The first-order chi connectivity index (χ1) is 28.8. The van der Waals surface area contributed by atoms with E-state index in [0.717, 1.165) is 106 Å². The number of esters is 2. The number of Topliss-reactive ketones (excluding diaryl/α,β-unsaturated/α-hetero) is 2. The van der Waals surface area contributed by atoms with Crippen molar-refractivity contribution in [1.29, 1.82) is 0 Å². The first-order valence-electron chi connectivity index (χ1n) is 24.6. The summed E-state index contributed by atoms with van der Waals surface area (Å²) < 4.78 is 10.4. The van der Waals surface area contributed by atoms with Gasteiger partial charge in [0.25, 0.3) is 0 Å². The van der Waals surface area contributed by atoms with Gasteiger partial charge in [0, 0.05) is 29.7 Å². The second kappa shape index (κ2) is 19.9. The largest absolute Gasteiger partial charge is 0.460 e. The molecule has 4 atom stereocenters. The number of hydrogen-bond acceptors (Lipinski definition) is 8. The Morgan fingerprint density at radius 1 is 0.661 bits per heavy atom. The SMILES string of the molecule is C=CC(=O)OC(C)(C)C.C=CCC(O)(CC=C)CC(=O)C12CC3CC(CC(C3)C1)C2.CC1CC(CCC(C)C(=O)OC(C)(C)C)CC(O)(CC(=O)C23CC4CC(CC(C4)C2)C3)C1. The van der Waals surface area contributed by atoms with E-state index in [4.69, 9.17) is 9.47 Å².